The van der Waals surface area contributed by atoms with Gasteiger partial charge in [0.1, 0.15) is 5.75 Å². The molecule has 2 aliphatic rings. The Hall–Kier alpha value is -2.45. The van der Waals surface area contributed by atoms with Gasteiger partial charge in [0.05, 0.1) is 5.69 Å². The molecule has 0 radical (unpaired) electrons. The molecule has 2 amide bonds. The lowest BCUT2D eigenvalue weighted by Crippen LogP contribution is -2.26. The molecule has 4 rings (SSSR count). The standard InChI is InChI=1S/C17H18N4O3S/c22-15-9-24-13-2-1-11(7-12(13)20-15)16(23)21-17-19-8-14(25-17)10-3-5-18-6-4-10/h1-2,7-8,10,18H,3-6,9H2,(H,20,22)(H,19,21,23). The zero-order valence-corrected chi connectivity index (χ0v) is 14.3. The fourth-order valence-electron chi connectivity index (χ4n) is 3.03. The lowest BCUT2D eigenvalue weighted by molar-refractivity contribution is -0.118. The number of amides is 2. The number of carbonyl (C=O) groups excluding carboxylic acids is 2. The van der Waals surface area contributed by atoms with Crippen LogP contribution in [-0.2, 0) is 4.79 Å². The average molecular weight is 358 g/mol. The van der Waals surface area contributed by atoms with Crippen molar-refractivity contribution in [3.8, 4) is 5.75 Å². The molecule has 25 heavy (non-hydrogen) atoms. The van der Waals surface area contributed by atoms with Crippen molar-refractivity contribution in [1.29, 1.82) is 0 Å². The fourth-order valence-corrected chi connectivity index (χ4v) is 4.01. The van der Waals surface area contributed by atoms with Crippen LogP contribution in [0.2, 0.25) is 0 Å². The van der Waals surface area contributed by atoms with Gasteiger partial charge in [0, 0.05) is 16.6 Å². The predicted octanol–water partition coefficient (Wildman–Crippen LogP) is 2.19. The monoisotopic (exact) mass is 358 g/mol. The summed E-state index contributed by atoms with van der Waals surface area (Å²) < 4.78 is 5.30. The summed E-state index contributed by atoms with van der Waals surface area (Å²) in [5.41, 5.74) is 0.960. The van der Waals surface area contributed by atoms with Crippen LogP contribution in [0.4, 0.5) is 10.8 Å². The largest absolute Gasteiger partial charge is 0.482 e. The van der Waals surface area contributed by atoms with Crippen molar-refractivity contribution in [3.05, 3.63) is 34.8 Å². The Bertz CT molecular complexity index is 814. The van der Waals surface area contributed by atoms with E-state index in [2.05, 4.69) is 20.9 Å². The van der Waals surface area contributed by atoms with Crippen LogP contribution in [0.3, 0.4) is 0 Å². The van der Waals surface area contributed by atoms with Crippen molar-refractivity contribution in [1.82, 2.24) is 10.3 Å². The summed E-state index contributed by atoms with van der Waals surface area (Å²) >= 11 is 1.53. The first kappa shape index (κ1) is 16.0. The minimum atomic E-state index is -0.256. The summed E-state index contributed by atoms with van der Waals surface area (Å²) in [6.07, 6.45) is 4.05. The second-order valence-electron chi connectivity index (χ2n) is 6.09. The Labute approximate surface area is 148 Å². The molecule has 0 atom stereocenters. The smallest absolute Gasteiger partial charge is 0.262 e. The number of nitrogens with one attached hydrogen (secondary N) is 3. The van der Waals surface area contributed by atoms with Gasteiger partial charge in [-0.3, -0.25) is 14.9 Å². The summed E-state index contributed by atoms with van der Waals surface area (Å²) in [5, 5.41) is 9.48. The van der Waals surface area contributed by atoms with E-state index in [1.165, 1.54) is 16.2 Å². The molecule has 3 heterocycles. The molecule has 8 heteroatoms. The first-order valence-corrected chi connectivity index (χ1v) is 9.05. The van der Waals surface area contributed by atoms with Crippen LogP contribution in [0, 0.1) is 0 Å². The minimum absolute atomic E-state index is 0.00286. The van der Waals surface area contributed by atoms with Crippen molar-refractivity contribution >= 4 is 34.0 Å². The topological polar surface area (TPSA) is 92.4 Å². The summed E-state index contributed by atoms with van der Waals surface area (Å²) in [4.78, 5) is 29.4. The first-order valence-electron chi connectivity index (χ1n) is 8.23. The molecule has 1 aromatic heterocycles. The Kier molecular flexibility index (Phi) is 4.37. The van der Waals surface area contributed by atoms with E-state index in [0.29, 0.717) is 28.0 Å². The quantitative estimate of drug-likeness (QED) is 0.782. The highest BCUT2D eigenvalue weighted by Gasteiger charge is 2.20. The van der Waals surface area contributed by atoms with Crippen LogP contribution >= 0.6 is 11.3 Å². The minimum Gasteiger partial charge on any atom is -0.482 e. The number of benzene rings is 1. The molecule has 1 aromatic carbocycles. The summed E-state index contributed by atoms with van der Waals surface area (Å²) in [6.45, 7) is 2.04. The maximum Gasteiger partial charge on any atom is 0.262 e. The highest BCUT2D eigenvalue weighted by molar-refractivity contribution is 7.15. The predicted molar refractivity (Wildman–Crippen MR) is 95.5 cm³/mol. The third-order valence-electron chi connectivity index (χ3n) is 4.36. The Balaban J connectivity index is 1.46. The fraction of sp³-hybridized carbons (Fsp3) is 0.353. The molecule has 0 aliphatic carbocycles. The molecule has 0 bridgehead atoms. The van der Waals surface area contributed by atoms with Gasteiger partial charge >= 0.3 is 0 Å². The van der Waals surface area contributed by atoms with Crippen LogP contribution in [0.25, 0.3) is 0 Å². The number of nitrogens with zero attached hydrogens (tertiary/aromatic N) is 1. The van der Waals surface area contributed by atoms with E-state index in [4.69, 9.17) is 4.74 Å². The molecule has 130 valence electrons. The van der Waals surface area contributed by atoms with Gasteiger partial charge in [-0.15, -0.1) is 11.3 Å². The number of ether oxygens (including phenoxy) is 1. The number of hydrogen-bond donors (Lipinski definition) is 3. The number of fused-ring (bicyclic) bond motifs is 1. The molecule has 2 aliphatic heterocycles. The molecular weight excluding hydrogens is 340 g/mol. The molecular formula is C17H18N4O3S. The van der Waals surface area contributed by atoms with Gasteiger partial charge in [-0.05, 0) is 50.0 Å². The van der Waals surface area contributed by atoms with E-state index in [1.54, 1.807) is 18.2 Å². The van der Waals surface area contributed by atoms with E-state index in [-0.39, 0.29) is 18.4 Å². The van der Waals surface area contributed by atoms with E-state index < -0.39 is 0 Å². The van der Waals surface area contributed by atoms with Gasteiger partial charge in [0.15, 0.2) is 11.7 Å². The Morgan fingerprint density at radius 1 is 1.32 bits per heavy atom. The number of hydrogen-bond acceptors (Lipinski definition) is 6. The van der Waals surface area contributed by atoms with Crippen molar-refractivity contribution in [2.45, 2.75) is 18.8 Å². The number of aromatic nitrogens is 1. The third-order valence-corrected chi connectivity index (χ3v) is 5.44. The second kappa shape index (κ2) is 6.81. The number of anilines is 2. The van der Waals surface area contributed by atoms with Crippen molar-refractivity contribution in [2.24, 2.45) is 0 Å². The first-order chi connectivity index (χ1) is 12.2. The highest BCUT2D eigenvalue weighted by atomic mass is 32.1. The number of rotatable bonds is 3. The maximum atomic E-state index is 12.5. The van der Waals surface area contributed by atoms with Gasteiger partial charge < -0.3 is 15.4 Å². The normalized spacial score (nSPS) is 17.4. The van der Waals surface area contributed by atoms with Crippen molar-refractivity contribution < 1.29 is 14.3 Å². The van der Waals surface area contributed by atoms with Crippen LogP contribution in [0.5, 0.6) is 5.75 Å². The van der Waals surface area contributed by atoms with E-state index in [1.807, 2.05) is 6.20 Å². The molecule has 3 N–H and O–H groups in total. The molecule has 0 saturated carbocycles. The zero-order chi connectivity index (χ0) is 17.2. The van der Waals surface area contributed by atoms with Crippen LogP contribution in [0.15, 0.2) is 24.4 Å². The number of piperidine rings is 1. The summed E-state index contributed by atoms with van der Waals surface area (Å²) in [5.74, 6) is 0.601. The molecule has 0 spiro atoms. The van der Waals surface area contributed by atoms with Gasteiger partial charge in [0.2, 0.25) is 0 Å². The number of thiazole rings is 1. The average Bonchev–Trinajstić information content (AvgIpc) is 3.10. The molecule has 1 saturated heterocycles. The lowest BCUT2D eigenvalue weighted by Gasteiger charge is -2.20. The van der Waals surface area contributed by atoms with E-state index >= 15 is 0 Å². The SMILES string of the molecule is O=C1COc2ccc(C(=O)Nc3ncc(C4CCNCC4)s3)cc2N1. The third kappa shape index (κ3) is 3.49. The van der Waals surface area contributed by atoms with Crippen LogP contribution < -0.4 is 20.7 Å². The van der Waals surface area contributed by atoms with Gasteiger partial charge in [-0.2, -0.15) is 0 Å². The molecule has 7 nitrogen and oxygen atoms in total. The van der Waals surface area contributed by atoms with Crippen LogP contribution in [0.1, 0.15) is 34.0 Å². The molecule has 0 unspecified atom stereocenters. The van der Waals surface area contributed by atoms with Gasteiger partial charge in [-0.25, -0.2) is 4.98 Å². The van der Waals surface area contributed by atoms with Crippen LogP contribution in [-0.4, -0.2) is 36.5 Å². The Morgan fingerprint density at radius 2 is 2.16 bits per heavy atom. The molecule has 2 aromatic rings. The summed E-state index contributed by atoms with van der Waals surface area (Å²) in [6, 6.07) is 4.97. The summed E-state index contributed by atoms with van der Waals surface area (Å²) in [7, 11) is 0. The molecule has 1 fully saturated rings. The second-order valence-corrected chi connectivity index (χ2v) is 7.16. The highest BCUT2D eigenvalue weighted by Crippen LogP contribution is 2.32. The van der Waals surface area contributed by atoms with Crippen molar-refractivity contribution in [3.63, 3.8) is 0 Å². The lowest BCUT2D eigenvalue weighted by atomic mass is 9.97. The van der Waals surface area contributed by atoms with E-state index in [9.17, 15) is 9.59 Å². The van der Waals surface area contributed by atoms with Crippen molar-refractivity contribution in [2.75, 3.05) is 30.3 Å². The maximum absolute atomic E-state index is 12.5. The Morgan fingerprint density at radius 3 is 3.00 bits per heavy atom. The van der Waals surface area contributed by atoms with Gasteiger partial charge in [0.25, 0.3) is 11.8 Å². The van der Waals surface area contributed by atoms with E-state index in [0.717, 1.165) is 25.9 Å². The van der Waals surface area contributed by atoms with Gasteiger partial charge in [-0.1, -0.05) is 0 Å². The number of carbonyl (C=O) groups is 2. The zero-order valence-electron chi connectivity index (χ0n) is 13.5.